The minimum absolute atomic E-state index is 0.339. The second-order valence-corrected chi connectivity index (χ2v) is 33.9. The van der Waals surface area contributed by atoms with Crippen molar-refractivity contribution in [3.63, 3.8) is 0 Å². The SMILES string of the molecule is Brc1ccccc1-c1ccccc1-c1ccc(-c2nc3ccccc3n2-c2ccccc2)cc1.CC1(C)OB(c2ccc(-c3ccc4c(c3)c3ccccc3n4-c3ccccc3)cc2)OC1(C)C.c1ccc(-n2c(-c3ccc(-c4ccccc4-c4ccccc4-c4ccc(-c5ccc6c(c5)c5ccccc5n6-c5ccccc5)cc4)cc3)nc3ccccc32)cc1. The van der Waals surface area contributed by atoms with Crippen molar-refractivity contribution < 1.29 is 9.31 Å². The van der Waals surface area contributed by atoms with Crippen LogP contribution in [0, 0.1) is 0 Å². The van der Waals surface area contributed by atoms with E-state index in [9.17, 15) is 0 Å². The van der Waals surface area contributed by atoms with E-state index in [1.807, 2.05) is 24.3 Å². The van der Waals surface area contributed by atoms with Gasteiger partial charge in [-0.05, 0) is 226 Å². The van der Waals surface area contributed by atoms with E-state index in [-0.39, 0.29) is 18.3 Å². The van der Waals surface area contributed by atoms with Gasteiger partial charge in [0.2, 0.25) is 0 Å². The summed E-state index contributed by atoms with van der Waals surface area (Å²) in [6.45, 7) is 8.34. The average molecular weight is 1690 g/mol. The Morgan fingerprint density at radius 1 is 0.222 bits per heavy atom. The molecular weight excluding hydrogens is 1600 g/mol. The van der Waals surface area contributed by atoms with Crippen molar-refractivity contribution in [2.24, 2.45) is 0 Å². The van der Waals surface area contributed by atoms with Gasteiger partial charge in [0.15, 0.2) is 0 Å². The minimum Gasteiger partial charge on any atom is -0.399 e. The number of hydrogen-bond acceptors (Lipinski definition) is 4. The molecule has 0 spiro atoms. The van der Waals surface area contributed by atoms with E-state index < -0.39 is 0 Å². The second kappa shape index (κ2) is 33.3. The van der Waals surface area contributed by atoms with Crippen molar-refractivity contribution in [2.75, 3.05) is 0 Å². The van der Waals surface area contributed by atoms with Crippen LogP contribution < -0.4 is 5.46 Å². The third-order valence-electron chi connectivity index (χ3n) is 25.0. The molecule has 0 saturated carbocycles. The van der Waals surface area contributed by atoms with Crippen LogP contribution in [-0.4, -0.2) is 46.6 Å². The van der Waals surface area contributed by atoms with E-state index in [4.69, 9.17) is 19.3 Å². The molecule has 0 unspecified atom stereocenters. The molecule has 22 aromatic rings. The summed E-state index contributed by atoms with van der Waals surface area (Å²) < 4.78 is 22.7. The summed E-state index contributed by atoms with van der Waals surface area (Å²) in [7, 11) is -0.342. The third-order valence-corrected chi connectivity index (χ3v) is 25.7. The van der Waals surface area contributed by atoms with Gasteiger partial charge in [-0.25, -0.2) is 9.97 Å². The molecule has 1 aliphatic heterocycles. The van der Waals surface area contributed by atoms with Crippen LogP contribution in [0.5, 0.6) is 0 Å². The first-order valence-corrected chi connectivity index (χ1v) is 43.8. The summed E-state index contributed by atoms with van der Waals surface area (Å²) in [6, 6.07) is 159. The second-order valence-electron chi connectivity index (χ2n) is 33.1. The maximum absolute atomic E-state index is 6.22. The number of benzene rings is 18. The topological polar surface area (TPSA) is 64.0 Å². The lowest BCUT2D eigenvalue weighted by molar-refractivity contribution is 0.00578. The van der Waals surface area contributed by atoms with Gasteiger partial charge in [-0.3, -0.25) is 9.13 Å². The zero-order valence-corrected chi connectivity index (χ0v) is 71.8. The van der Waals surface area contributed by atoms with Gasteiger partial charge in [-0.2, -0.15) is 0 Å². The molecule has 1 fully saturated rings. The van der Waals surface area contributed by atoms with Crippen LogP contribution in [0.15, 0.2) is 453 Å². The van der Waals surface area contributed by atoms with Crippen LogP contribution >= 0.6 is 15.9 Å². The normalized spacial score (nSPS) is 12.8. The van der Waals surface area contributed by atoms with Crippen molar-refractivity contribution in [1.82, 2.24) is 28.2 Å². The molecule has 602 valence electrons. The summed E-state index contributed by atoms with van der Waals surface area (Å²) >= 11 is 3.72. The van der Waals surface area contributed by atoms with Gasteiger partial charge in [-0.15, -0.1) is 0 Å². The Balaban J connectivity index is 0.000000123. The number of halogens is 1. The van der Waals surface area contributed by atoms with Crippen LogP contribution in [-0.2, 0) is 9.31 Å². The Bertz CT molecular complexity index is 7740. The van der Waals surface area contributed by atoms with Crippen molar-refractivity contribution in [3.8, 4) is 123 Å². The summed E-state index contributed by atoms with van der Waals surface area (Å²) in [5.74, 6) is 1.87. The summed E-state index contributed by atoms with van der Waals surface area (Å²) in [6.07, 6.45) is 0. The molecule has 126 heavy (non-hydrogen) atoms. The van der Waals surface area contributed by atoms with Crippen molar-refractivity contribution in [1.29, 1.82) is 0 Å². The Hall–Kier alpha value is -15.0. The predicted octanol–water partition coefficient (Wildman–Crippen LogP) is 30.0. The summed E-state index contributed by atoms with van der Waals surface area (Å²) in [4.78, 5) is 10.1. The standard InChI is InChI=1S/C55H37N3.C31H21BrN2.C30H28BNO2/c1-3-15-43(16-4-1)57-52-25-13-11-23-49(52)50-37-42(35-36-53(50)57)38-27-29-39(30-28-38)45-19-7-9-21-47(45)48-22-10-8-20-46(48)40-31-33-41(34-32-40)55-56-51-24-12-14-26-54(51)58(55)44-17-5-2-6-18-44;32-28-15-7-6-14-27(28)26-13-5-4-12-25(26)22-18-20-23(21-19-22)31-33-29-16-8-9-17-30(29)34(31)24-10-2-1-3-11-24;1-29(2)30(3,4)34-31(33-29)23-17-14-21(15-18-23)22-16-19-28-26(20-22)25-12-8-9-13-27(25)32(28)24-10-6-5-7-11-24/h1-37H;1-21H;5-20H,1-4H3. The maximum atomic E-state index is 6.22. The first kappa shape index (κ1) is 78.2. The van der Waals surface area contributed by atoms with E-state index in [1.54, 1.807) is 0 Å². The molecule has 0 atom stereocenters. The number of hydrogen-bond donors (Lipinski definition) is 0. The first-order valence-electron chi connectivity index (χ1n) is 43.0. The largest absolute Gasteiger partial charge is 0.494 e. The van der Waals surface area contributed by atoms with Crippen LogP contribution in [0.2, 0.25) is 0 Å². The van der Waals surface area contributed by atoms with Gasteiger partial charge in [0.05, 0.1) is 55.3 Å². The van der Waals surface area contributed by atoms with E-state index in [1.165, 1.54) is 127 Å². The molecule has 23 rings (SSSR count). The number of rotatable bonds is 14. The summed E-state index contributed by atoms with van der Waals surface area (Å²) in [5.41, 5.74) is 32.8. The van der Waals surface area contributed by atoms with Gasteiger partial charge in [-0.1, -0.05) is 350 Å². The molecule has 0 N–H and O–H groups in total. The third kappa shape index (κ3) is 14.7. The predicted molar refractivity (Wildman–Crippen MR) is 530 cm³/mol. The molecule has 1 aliphatic rings. The molecule has 0 amide bonds. The molecule has 10 heteroatoms. The zero-order chi connectivity index (χ0) is 84.8. The lowest BCUT2D eigenvalue weighted by atomic mass is 9.78. The molecule has 5 heterocycles. The highest BCUT2D eigenvalue weighted by Crippen LogP contribution is 2.45. The fraction of sp³-hybridized carbons (Fsp3) is 0.0517. The molecule has 0 aliphatic carbocycles. The van der Waals surface area contributed by atoms with Gasteiger partial charge < -0.3 is 18.4 Å². The number of nitrogens with zero attached hydrogens (tertiary/aromatic N) is 6. The monoisotopic (exact) mass is 1680 g/mol. The lowest BCUT2D eigenvalue weighted by Gasteiger charge is -2.32. The van der Waals surface area contributed by atoms with Gasteiger partial charge in [0.25, 0.3) is 0 Å². The minimum atomic E-state index is -0.342. The van der Waals surface area contributed by atoms with Crippen LogP contribution in [0.25, 0.3) is 189 Å². The van der Waals surface area contributed by atoms with Gasteiger partial charge in [0.1, 0.15) is 11.6 Å². The first-order chi connectivity index (χ1) is 61.9. The Morgan fingerprint density at radius 3 is 0.873 bits per heavy atom. The Morgan fingerprint density at radius 2 is 0.492 bits per heavy atom. The average Bonchev–Trinajstić information content (AvgIpc) is 1.62. The zero-order valence-electron chi connectivity index (χ0n) is 70.2. The maximum Gasteiger partial charge on any atom is 0.494 e. The molecular formula is C116H86BBrN6O2. The summed E-state index contributed by atoms with van der Waals surface area (Å²) in [5, 5.41) is 5.03. The number of para-hydroxylation sites is 10. The van der Waals surface area contributed by atoms with Gasteiger partial charge in [0, 0.05) is 59.9 Å². The molecule has 0 radical (unpaired) electrons. The van der Waals surface area contributed by atoms with E-state index in [0.717, 1.165) is 71.7 Å². The smallest absolute Gasteiger partial charge is 0.399 e. The molecule has 0 bridgehead atoms. The highest BCUT2D eigenvalue weighted by Gasteiger charge is 2.51. The van der Waals surface area contributed by atoms with Crippen molar-refractivity contribution in [3.05, 3.63) is 453 Å². The van der Waals surface area contributed by atoms with Crippen molar-refractivity contribution in [2.45, 2.75) is 38.9 Å². The number of aromatic nitrogens is 6. The van der Waals surface area contributed by atoms with Crippen LogP contribution in [0.4, 0.5) is 0 Å². The van der Waals surface area contributed by atoms with E-state index in [2.05, 4.69) is 487 Å². The number of fused-ring (bicyclic) bond motifs is 8. The fourth-order valence-corrected chi connectivity index (χ4v) is 18.5. The Kier molecular flexibility index (Phi) is 20.7. The number of imidazole rings is 2. The molecule has 8 nitrogen and oxygen atoms in total. The van der Waals surface area contributed by atoms with Gasteiger partial charge >= 0.3 is 7.12 Å². The van der Waals surface area contributed by atoms with E-state index >= 15 is 0 Å². The quantitative estimate of drug-likeness (QED) is 0.102. The lowest BCUT2D eigenvalue weighted by Crippen LogP contribution is -2.41. The fourth-order valence-electron chi connectivity index (χ4n) is 18.0. The Labute approximate surface area is 742 Å². The molecule has 1 saturated heterocycles. The molecule has 18 aromatic carbocycles. The van der Waals surface area contributed by atoms with Crippen LogP contribution in [0.3, 0.4) is 0 Å². The highest BCUT2D eigenvalue weighted by molar-refractivity contribution is 9.10. The van der Waals surface area contributed by atoms with Crippen molar-refractivity contribution >= 4 is 94.2 Å². The highest BCUT2D eigenvalue weighted by atomic mass is 79.9. The van der Waals surface area contributed by atoms with E-state index in [0.29, 0.717) is 0 Å². The molecule has 4 aromatic heterocycles. The van der Waals surface area contributed by atoms with Crippen LogP contribution in [0.1, 0.15) is 27.7 Å².